The van der Waals surface area contributed by atoms with E-state index in [9.17, 15) is 39.3 Å². The highest BCUT2D eigenvalue weighted by atomic mass is 16.6. The molecule has 1 aliphatic rings. The van der Waals surface area contributed by atoms with Gasteiger partial charge in [-0.05, 0) is 51.3 Å². The van der Waals surface area contributed by atoms with Crippen LogP contribution in [0.2, 0.25) is 0 Å². The van der Waals surface area contributed by atoms with Crippen molar-refractivity contribution in [3.8, 4) is 11.5 Å². The number of carboxylic acids is 3. The van der Waals surface area contributed by atoms with Crippen molar-refractivity contribution in [2.45, 2.75) is 45.4 Å². The van der Waals surface area contributed by atoms with Gasteiger partial charge in [0.1, 0.15) is 5.69 Å². The molecule has 1 aliphatic heterocycles. The summed E-state index contributed by atoms with van der Waals surface area (Å²) >= 11 is 0. The number of pyridine rings is 1. The molecule has 1 fully saturated rings. The summed E-state index contributed by atoms with van der Waals surface area (Å²) in [5.41, 5.74) is 1.00. The maximum Gasteiger partial charge on any atom is 0.317 e. The summed E-state index contributed by atoms with van der Waals surface area (Å²) in [6, 6.07) is 3.35. The molecule has 2 aromatic heterocycles. The van der Waals surface area contributed by atoms with Crippen LogP contribution in [0.15, 0.2) is 18.3 Å². The maximum absolute atomic E-state index is 12.3. The van der Waals surface area contributed by atoms with Gasteiger partial charge in [-0.15, -0.1) is 20.4 Å². The maximum atomic E-state index is 12.3. The zero-order chi connectivity index (χ0) is 60.3. The average Bonchev–Trinajstić information content (AvgIpc) is 3.65. The second kappa shape index (κ2) is 50.0. The van der Waals surface area contributed by atoms with Crippen LogP contribution in [-0.4, -0.2) is 320 Å². The molecule has 2 aromatic rings. The minimum Gasteiger partial charge on any atom is -0.480 e. The fourth-order valence-corrected chi connectivity index (χ4v) is 7.83. The molecule has 0 bridgehead atoms. The van der Waals surface area contributed by atoms with Gasteiger partial charge in [-0.3, -0.25) is 43.7 Å². The molecule has 2 amide bonds. The standard InChI is InChI=1S/C54H93N11O19/c1-46-58-60-54(61-59-46)48-9-8-47(42-56-48)57-50(67)7-5-6-49(66)55-10-21-75-23-25-77-27-29-79-31-33-81-35-37-83-39-41-84-40-38-82-36-34-80-32-30-78-28-26-76-24-22-74-20-4-2-3-11-62-12-14-63(43-51(68)69)16-18-65(45-53(72)73)19-17-64(15-13-62)44-52(70)71/h8-9,42H,2-7,10-41,43-45H2,1H3,(H,55,66)(H,57,67)(H,68,69)(H,70,71)(H,72,73). The first-order valence-corrected chi connectivity index (χ1v) is 28.9. The van der Waals surface area contributed by atoms with Gasteiger partial charge in [0.25, 0.3) is 0 Å². The number of hydrogen-bond donors (Lipinski definition) is 5. The van der Waals surface area contributed by atoms with Crippen LogP contribution in [0.5, 0.6) is 0 Å². The van der Waals surface area contributed by atoms with E-state index < -0.39 is 17.9 Å². The van der Waals surface area contributed by atoms with Gasteiger partial charge in [0.15, 0.2) is 5.82 Å². The highest BCUT2D eigenvalue weighted by Gasteiger charge is 2.20. The Morgan fingerprint density at radius 1 is 0.429 bits per heavy atom. The molecule has 1 saturated heterocycles. The zero-order valence-electron chi connectivity index (χ0n) is 49.1. The molecule has 30 heteroatoms. The SMILES string of the molecule is Cc1nnc(-c2ccc(NC(=O)CCCC(=O)NCCOCCOCCOCCOCCOCCOCCOCCOCCOCCOCCOCCCCCN3CCN(CC(=O)O)CCN(CC(=O)O)CCN(CC(=O)O)CC3)cn2)nn1. The summed E-state index contributed by atoms with van der Waals surface area (Å²) in [5.74, 6) is -2.49. The van der Waals surface area contributed by atoms with E-state index in [-0.39, 0.29) is 50.1 Å². The van der Waals surface area contributed by atoms with Gasteiger partial charge in [0.05, 0.1) is 170 Å². The lowest BCUT2D eigenvalue weighted by atomic mass is 10.2. The van der Waals surface area contributed by atoms with Crippen molar-refractivity contribution in [2.75, 3.05) is 236 Å². The van der Waals surface area contributed by atoms with Crippen molar-refractivity contribution >= 4 is 35.4 Å². The normalized spacial score (nSPS) is 14.2. The molecule has 0 radical (unpaired) electrons. The number of ether oxygens (including phenoxy) is 11. The van der Waals surface area contributed by atoms with Crippen molar-refractivity contribution in [1.82, 2.24) is 50.3 Å². The van der Waals surface area contributed by atoms with Crippen LogP contribution in [0, 0.1) is 6.92 Å². The molecule has 0 atom stereocenters. The Morgan fingerprint density at radius 3 is 1.15 bits per heavy atom. The molecule has 30 nitrogen and oxygen atoms in total. The number of aliphatic carboxylic acids is 3. The quantitative estimate of drug-likeness (QED) is 0.0531. The molecule has 0 unspecified atom stereocenters. The molecule has 3 heterocycles. The fourth-order valence-electron chi connectivity index (χ4n) is 7.83. The van der Waals surface area contributed by atoms with Crippen LogP contribution in [0.3, 0.4) is 0 Å². The van der Waals surface area contributed by atoms with Crippen molar-refractivity contribution in [1.29, 1.82) is 0 Å². The highest BCUT2D eigenvalue weighted by Crippen LogP contribution is 2.14. The van der Waals surface area contributed by atoms with Gasteiger partial charge < -0.3 is 83.0 Å². The van der Waals surface area contributed by atoms with Gasteiger partial charge in [-0.25, -0.2) is 0 Å². The van der Waals surface area contributed by atoms with Gasteiger partial charge in [0.2, 0.25) is 17.6 Å². The number of hydrogen-bond acceptors (Lipinski definition) is 25. The molecule has 84 heavy (non-hydrogen) atoms. The first-order chi connectivity index (χ1) is 41.0. The summed E-state index contributed by atoms with van der Waals surface area (Å²) in [6.45, 7) is 16.0. The average molecular weight is 1200 g/mol. The largest absolute Gasteiger partial charge is 0.480 e. The number of carbonyl (C=O) groups excluding carboxylic acids is 2. The predicted octanol–water partition coefficient (Wildman–Crippen LogP) is -0.310. The fraction of sp³-hybridized carbons (Fsp3) is 0.778. The second-order valence-corrected chi connectivity index (χ2v) is 19.1. The molecule has 478 valence electrons. The summed E-state index contributed by atoms with van der Waals surface area (Å²) in [6.07, 6.45) is 5.03. The molecular formula is C54H93N11O19. The van der Waals surface area contributed by atoms with Gasteiger partial charge >= 0.3 is 17.9 Å². The zero-order valence-corrected chi connectivity index (χ0v) is 49.1. The number of aryl methyl sites for hydroxylation is 1. The van der Waals surface area contributed by atoms with Gasteiger partial charge in [-0.1, -0.05) is 0 Å². The van der Waals surface area contributed by atoms with Crippen LogP contribution in [0.1, 0.15) is 44.3 Å². The van der Waals surface area contributed by atoms with E-state index in [2.05, 4.69) is 40.9 Å². The third-order valence-electron chi connectivity index (χ3n) is 12.2. The van der Waals surface area contributed by atoms with E-state index in [1.165, 1.54) is 6.20 Å². The molecule has 0 aliphatic carbocycles. The van der Waals surface area contributed by atoms with E-state index in [1.807, 2.05) is 9.80 Å². The van der Waals surface area contributed by atoms with E-state index in [4.69, 9.17) is 52.1 Å². The summed E-state index contributed by atoms with van der Waals surface area (Å²) < 4.78 is 61.0. The lowest BCUT2D eigenvalue weighted by molar-refractivity contribution is -0.140. The number of nitrogens with one attached hydrogen (secondary N) is 2. The minimum absolute atomic E-state index is 0.133. The van der Waals surface area contributed by atoms with E-state index in [0.29, 0.717) is 228 Å². The topological polar surface area (TPSA) is 349 Å². The molecule has 3 rings (SSSR count). The number of amides is 2. The van der Waals surface area contributed by atoms with Crippen LogP contribution in [0.25, 0.3) is 11.5 Å². The Morgan fingerprint density at radius 2 is 0.786 bits per heavy atom. The van der Waals surface area contributed by atoms with Crippen molar-refractivity contribution < 1.29 is 91.4 Å². The minimum atomic E-state index is -0.981. The van der Waals surface area contributed by atoms with E-state index in [0.717, 1.165) is 25.8 Å². The van der Waals surface area contributed by atoms with Crippen molar-refractivity contribution in [3.05, 3.63) is 24.2 Å². The number of aromatic nitrogens is 5. The Bertz CT molecular complexity index is 1980. The predicted molar refractivity (Wildman–Crippen MR) is 303 cm³/mol. The van der Waals surface area contributed by atoms with Gasteiger partial charge in [0, 0.05) is 78.4 Å². The van der Waals surface area contributed by atoms with Crippen LogP contribution in [0.4, 0.5) is 5.69 Å². The molecular weight excluding hydrogens is 1110 g/mol. The Kier molecular flexibility index (Phi) is 43.5. The Hall–Kier alpha value is -5.16. The number of carbonyl (C=O) groups is 5. The summed E-state index contributed by atoms with van der Waals surface area (Å²) in [7, 11) is 0. The van der Waals surface area contributed by atoms with E-state index >= 15 is 0 Å². The first-order valence-electron chi connectivity index (χ1n) is 28.9. The Balaban J connectivity index is 0.969. The smallest absolute Gasteiger partial charge is 0.317 e. The lowest BCUT2D eigenvalue weighted by Gasteiger charge is -2.33. The van der Waals surface area contributed by atoms with Crippen LogP contribution in [-0.2, 0) is 76.1 Å². The highest BCUT2D eigenvalue weighted by molar-refractivity contribution is 5.91. The number of anilines is 1. The number of carboxylic acid groups (broad SMARTS) is 3. The molecule has 0 spiro atoms. The second-order valence-electron chi connectivity index (χ2n) is 19.1. The summed E-state index contributed by atoms with van der Waals surface area (Å²) in [5, 5.41) is 49.4. The number of unbranched alkanes of at least 4 members (excludes halogenated alkanes) is 2. The molecule has 5 N–H and O–H groups in total. The summed E-state index contributed by atoms with van der Waals surface area (Å²) in [4.78, 5) is 70.7. The monoisotopic (exact) mass is 1200 g/mol. The third-order valence-corrected chi connectivity index (χ3v) is 12.2. The number of nitrogens with zero attached hydrogens (tertiary/aromatic N) is 9. The Labute approximate surface area is 492 Å². The van der Waals surface area contributed by atoms with Crippen LogP contribution < -0.4 is 10.6 Å². The lowest BCUT2D eigenvalue weighted by Crippen LogP contribution is -2.48. The van der Waals surface area contributed by atoms with Crippen molar-refractivity contribution in [3.63, 3.8) is 0 Å². The first kappa shape index (κ1) is 73.1. The van der Waals surface area contributed by atoms with Crippen molar-refractivity contribution in [2.24, 2.45) is 0 Å². The number of rotatable bonds is 51. The molecule has 0 saturated carbocycles. The van der Waals surface area contributed by atoms with E-state index in [1.54, 1.807) is 24.0 Å². The van der Waals surface area contributed by atoms with Gasteiger partial charge in [-0.2, -0.15) is 0 Å². The van der Waals surface area contributed by atoms with Crippen LogP contribution >= 0.6 is 0 Å². The molecule has 0 aromatic carbocycles. The third kappa shape index (κ3) is 41.8.